The molecule has 3 aromatic rings. The van der Waals surface area contributed by atoms with Gasteiger partial charge in [0.15, 0.2) is 5.13 Å². The standard InChI is InChI=1S/C17H15N5O3S/c18-14(23)8-12-10-26-17(19-12)20-16(25)13-6-7-15(24)22(21-13)9-11-4-2-1-3-5-11/h1-7,10H,8-9H2,(H2,18,23)(H,19,20,25). The second-order valence-electron chi connectivity index (χ2n) is 5.44. The second kappa shape index (κ2) is 7.70. The van der Waals surface area contributed by atoms with Crippen molar-refractivity contribution < 1.29 is 9.59 Å². The van der Waals surface area contributed by atoms with Gasteiger partial charge < -0.3 is 5.73 Å². The minimum absolute atomic E-state index is 0.00652. The van der Waals surface area contributed by atoms with Gasteiger partial charge in [-0.3, -0.25) is 19.7 Å². The highest BCUT2D eigenvalue weighted by Crippen LogP contribution is 2.16. The van der Waals surface area contributed by atoms with Crippen LogP contribution >= 0.6 is 11.3 Å². The maximum absolute atomic E-state index is 12.3. The zero-order chi connectivity index (χ0) is 18.5. The molecule has 0 fully saturated rings. The van der Waals surface area contributed by atoms with Crippen molar-refractivity contribution in [2.75, 3.05) is 5.32 Å². The fraction of sp³-hybridized carbons (Fsp3) is 0.118. The SMILES string of the molecule is NC(=O)Cc1csc(NC(=O)c2ccc(=O)n(Cc3ccccc3)n2)n1. The molecule has 0 aliphatic carbocycles. The first-order valence-corrected chi connectivity index (χ1v) is 8.55. The Balaban J connectivity index is 1.75. The molecule has 3 N–H and O–H groups in total. The number of anilines is 1. The van der Waals surface area contributed by atoms with Gasteiger partial charge in [0.05, 0.1) is 18.7 Å². The van der Waals surface area contributed by atoms with Gasteiger partial charge >= 0.3 is 0 Å². The minimum atomic E-state index is -0.497. The zero-order valence-electron chi connectivity index (χ0n) is 13.6. The smallest absolute Gasteiger partial charge is 0.277 e. The van der Waals surface area contributed by atoms with E-state index in [2.05, 4.69) is 15.4 Å². The van der Waals surface area contributed by atoms with Crippen LogP contribution in [0.2, 0.25) is 0 Å². The highest BCUT2D eigenvalue weighted by Gasteiger charge is 2.13. The van der Waals surface area contributed by atoms with Gasteiger partial charge in [-0.05, 0) is 11.6 Å². The van der Waals surface area contributed by atoms with Crippen molar-refractivity contribution in [2.24, 2.45) is 5.73 Å². The van der Waals surface area contributed by atoms with E-state index in [0.717, 1.165) is 5.56 Å². The van der Waals surface area contributed by atoms with Crippen LogP contribution in [0.3, 0.4) is 0 Å². The Labute approximate surface area is 152 Å². The Bertz CT molecular complexity index is 997. The van der Waals surface area contributed by atoms with Crippen LogP contribution in [-0.4, -0.2) is 26.6 Å². The van der Waals surface area contributed by atoms with Crippen molar-refractivity contribution in [3.63, 3.8) is 0 Å². The number of carbonyl (C=O) groups excluding carboxylic acids is 2. The van der Waals surface area contributed by atoms with Crippen LogP contribution in [0.4, 0.5) is 5.13 Å². The Hall–Kier alpha value is -3.33. The van der Waals surface area contributed by atoms with Gasteiger partial charge in [-0.1, -0.05) is 30.3 Å². The number of nitrogens with two attached hydrogens (primary N) is 1. The molecule has 0 saturated heterocycles. The summed E-state index contributed by atoms with van der Waals surface area (Å²) in [4.78, 5) is 39.3. The molecular weight excluding hydrogens is 354 g/mol. The maximum Gasteiger partial charge on any atom is 0.277 e. The maximum atomic E-state index is 12.3. The normalized spacial score (nSPS) is 10.5. The number of carbonyl (C=O) groups is 2. The van der Waals surface area contributed by atoms with Gasteiger partial charge in [-0.15, -0.1) is 11.3 Å². The van der Waals surface area contributed by atoms with Crippen LogP contribution in [0.1, 0.15) is 21.7 Å². The molecule has 1 aromatic carbocycles. The largest absolute Gasteiger partial charge is 0.369 e. The molecule has 0 aliphatic heterocycles. The summed E-state index contributed by atoms with van der Waals surface area (Å²) in [5.74, 6) is -0.991. The molecule has 0 aliphatic rings. The van der Waals surface area contributed by atoms with E-state index in [0.29, 0.717) is 10.8 Å². The van der Waals surface area contributed by atoms with Crippen LogP contribution in [0.15, 0.2) is 52.6 Å². The van der Waals surface area contributed by atoms with Gasteiger partial charge in [-0.2, -0.15) is 5.10 Å². The molecule has 2 aromatic heterocycles. The summed E-state index contributed by atoms with van der Waals surface area (Å²) in [5, 5.41) is 8.69. The van der Waals surface area contributed by atoms with Gasteiger partial charge in [0.25, 0.3) is 11.5 Å². The van der Waals surface area contributed by atoms with Crippen molar-refractivity contribution in [3.8, 4) is 0 Å². The number of primary amides is 1. The number of thiazole rings is 1. The predicted molar refractivity (Wildman–Crippen MR) is 97.0 cm³/mol. The van der Waals surface area contributed by atoms with Gasteiger partial charge in [0, 0.05) is 11.4 Å². The number of hydrogen-bond donors (Lipinski definition) is 2. The lowest BCUT2D eigenvalue weighted by Gasteiger charge is -2.07. The van der Waals surface area contributed by atoms with Crippen LogP contribution in [0.25, 0.3) is 0 Å². The Morgan fingerprint density at radius 1 is 1.15 bits per heavy atom. The van der Waals surface area contributed by atoms with Crippen molar-refractivity contribution in [3.05, 3.63) is 75.1 Å². The molecule has 0 saturated carbocycles. The van der Waals surface area contributed by atoms with Crippen molar-refractivity contribution in [1.29, 1.82) is 0 Å². The second-order valence-corrected chi connectivity index (χ2v) is 6.30. The average molecular weight is 369 g/mol. The molecule has 2 amide bonds. The number of benzene rings is 1. The summed E-state index contributed by atoms with van der Waals surface area (Å²) in [6, 6.07) is 12.0. The molecule has 0 spiro atoms. The number of amides is 2. The summed E-state index contributed by atoms with van der Waals surface area (Å²) in [7, 11) is 0. The Kier molecular flexibility index (Phi) is 5.18. The van der Waals surface area contributed by atoms with E-state index >= 15 is 0 Å². The topological polar surface area (TPSA) is 120 Å². The van der Waals surface area contributed by atoms with E-state index < -0.39 is 11.8 Å². The molecule has 0 atom stereocenters. The average Bonchev–Trinajstić information content (AvgIpc) is 3.03. The summed E-state index contributed by atoms with van der Waals surface area (Å²) in [5.41, 5.74) is 6.29. The molecular formula is C17H15N5O3S. The van der Waals surface area contributed by atoms with E-state index in [1.165, 1.54) is 28.2 Å². The molecule has 0 unspecified atom stereocenters. The third-order valence-electron chi connectivity index (χ3n) is 3.40. The van der Waals surface area contributed by atoms with E-state index in [1.807, 2.05) is 30.3 Å². The molecule has 26 heavy (non-hydrogen) atoms. The summed E-state index contributed by atoms with van der Waals surface area (Å²) in [6.45, 7) is 0.265. The molecule has 3 rings (SSSR count). The fourth-order valence-electron chi connectivity index (χ4n) is 2.22. The van der Waals surface area contributed by atoms with Crippen LogP contribution < -0.4 is 16.6 Å². The lowest BCUT2D eigenvalue weighted by atomic mass is 10.2. The number of nitrogens with zero attached hydrogens (tertiary/aromatic N) is 3. The lowest BCUT2D eigenvalue weighted by molar-refractivity contribution is -0.117. The molecule has 132 valence electrons. The highest BCUT2D eigenvalue weighted by molar-refractivity contribution is 7.14. The van der Waals surface area contributed by atoms with E-state index in [9.17, 15) is 14.4 Å². The summed E-state index contributed by atoms with van der Waals surface area (Å²) >= 11 is 1.18. The Morgan fingerprint density at radius 3 is 2.65 bits per heavy atom. The number of rotatable bonds is 6. The third kappa shape index (κ3) is 4.39. The summed E-state index contributed by atoms with van der Waals surface area (Å²) < 4.78 is 1.23. The summed E-state index contributed by atoms with van der Waals surface area (Å²) in [6.07, 6.45) is 0.00652. The van der Waals surface area contributed by atoms with Crippen LogP contribution in [0, 0.1) is 0 Å². The van der Waals surface area contributed by atoms with Gasteiger partial charge in [0.1, 0.15) is 5.69 Å². The number of aromatic nitrogens is 3. The van der Waals surface area contributed by atoms with Crippen molar-refractivity contribution in [1.82, 2.24) is 14.8 Å². The zero-order valence-corrected chi connectivity index (χ0v) is 14.4. The van der Waals surface area contributed by atoms with E-state index in [-0.39, 0.29) is 24.2 Å². The number of nitrogens with one attached hydrogen (secondary N) is 1. The van der Waals surface area contributed by atoms with Gasteiger partial charge in [-0.25, -0.2) is 9.67 Å². The lowest BCUT2D eigenvalue weighted by Crippen LogP contribution is -2.26. The van der Waals surface area contributed by atoms with Gasteiger partial charge in [0.2, 0.25) is 5.91 Å². The van der Waals surface area contributed by atoms with E-state index in [4.69, 9.17) is 5.73 Å². The molecule has 9 heteroatoms. The van der Waals surface area contributed by atoms with Crippen LogP contribution in [0.5, 0.6) is 0 Å². The fourth-order valence-corrected chi connectivity index (χ4v) is 2.93. The van der Waals surface area contributed by atoms with Crippen molar-refractivity contribution in [2.45, 2.75) is 13.0 Å². The quantitative estimate of drug-likeness (QED) is 0.672. The first-order chi connectivity index (χ1) is 12.5. The van der Waals surface area contributed by atoms with Crippen molar-refractivity contribution >= 4 is 28.3 Å². The monoisotopic (exact) mass is 369 g/mol. The molecule has 0 radical (unpaired) electrons. The third-order valence-corrected chi connectivity index (χ3v) is 4.21. The highest BCUT2D eigenvalue weighted by atomic mass is 32.1. The number of hydrogen-bond acceptors (Lipinski definition) is 6. The molecule has 2 heterocycles. The first kappa shape index (κ1) is 17.5. The Morgan fingerprint density at radius 2 is 1.92 bits per heavy atom. The first-order valence-electron chi connectivity index (χ1n) is 7.67. The molecule has 8 nitrogen and oxygen atoms in total. The van der Waals surface area contributed by atoms with Crippen LogP contribution in [-0.2, 0) is 17.8 Å². The molecule has 0 bridgehead atoms. The van der Waals surface area contributed by atoms with E-state index in [1.54, 1.807) is 5.38 Å². The minimum Gasteiger partial charge on any atom is -0.369 e. The predicted octanol–water partition coefficient (Wildman–Crippen LogP) is 1.03.